The van der Waals surface area contributed by atoms with E-state index < -0.39 is 35.1 Å². The third kappa shape index (κ3) is 9.42. The molecule has 0 spiro atoms. The lowest BCUT2D eigenvalue weighted by Gasteiger charge is -2.29. The zero-order chi connectivity index (χ0) is 28.8. The van der Waals surface area contributed by atoms with Crippen LogP contribution in [-0.4, -0.2) is 53.8 Å². The first-order valence-electron chi connectivity index (χ1n) is 13.0. The molecular formula is C30H38FN3O5. The maximum atomic E-state index is 15.0. The number of carbonyl (C=O) groups excluding carboxylic acids is 3. The molecule has 1 aliphatic rings. The van der Waals surface area contributed by atoms with Crippen molar-refractivity contribution in [3.63, 3.8) is 0 Å². The lowest BCUT2D eigenvalue weighted by atomic mass is 9.97. The van der Waals surface area contributed by atoms with E-state index in [0.717, 1.165) is 11.1 Å². The molecule has 2 N–H and O–H groups in total. The molecule has 1 heterocycles. The minimum absolute atomic E-state index is 0.202. The van der Waals surface area contributed by atoms with Gasteiger partial charge in [-0.1, -0.05) is 24.3 Å². The summed E-state index contributed by atoms with van der Waals surface area (Å²) in [5.41, 5.74) is 1.83. The van der Waals surface area contributed by atoms with Crippen LogP contribution >= 0.6 is 0 Å². The van der Waals surface area contributed by atoms with E-state index in [1.165, 1.54) is 6.07 Å². The topological polar surface area (TPSA) is 97.0 Å². The van der Waals surface area contributed by atoms with E-state index in [4.69, 9.17) is 9.47 Å². The summed E-state index contributed by atoms with van der Waals surface area (Å²) in [4.78, 5) is 38.3. The second kappa shape index (κ2) is 12.3. The molecule has 3 amide bonds. The van der Waals surface area contributed by atoms with E-state index in [9.17, 15) is 18.8 Å². The quantitative estimate of drug-likeness (QED) is 0.458. The van der Waals surface area contributed by atoms with E-state index in [2.05, 4.69) is 10.6 Å². The van der Waals surface area contributed by atoms with E-state index in [1.807, 2.05) is 39.0 Å². The van der Waals surface area contributed by atoms with Gasteiger partial charge in [-0.25, -0.2) is 14.0 Å². The monoisotopic (exact) mass is 539 g/mol. The molecule has 0 aliphatic carbocycles. The number of carbonyl (C=O) groups is 3. The number of hydrogen-bond acceptors (Lipinski definition) is 5. The van der Waals surface area contributed by atoms with Gasteiger partial charge in [0.2, 0.25) is 0 Å². The fourth-order valence-corrected chi connectivity index (χ4v) is 3.90. The first-order valence-corrected chi connectivity index (χ1v) is 13.0. The average molecular weight is 540 g/mol. The number of rotatable bonds is 6. The van der Waals surface area contributed by atoms with Crippen LogP contribution in [0, 0.1) is 5.82 Å². The van der Waals surface area contributed by atoms with Crippen molar-refractivity contribution in [3.8, 4) is 0 Å². The van der Waals surface area contributed by atoms with Crippen molar-refractivity contribution < 1.29 is 28.2 Å². The van der Waals surface area contributed by atoms with Crippen LogP contribution in [0.15, 0.2) is 48.5 Å². The summed E-state index contributed by atoms with van der Waals surface area (Å²) in [6.45, 7) is 12.0. The zero-order valence-corrected chi connectivity index (χ0v) is 23.5. The minimum Gasteiger partial charge on any atom is -0.444 e. The molecule has 0 saturated carbocycles. The molecule has 0 fully saturated rings. The first kappa shape index (κ1) is 29.7. The van der Waals surface area contributed by atoms with Gasteiger partial charge in [0.05, 0.1) is 0 Å². The Hall–Kier alpha value is -3.88. The molecular weight excluding hydrogens is 501 g/mol. The van der Waals surface area contributed by atoms with Crippen molar-refractivity contribution in [2.75, 3.05) is 25.0 Å². The zero-order valence-electron chi connectivity index (χ0n) is 23.5. The highest BCUT2D eigenvalue weighted by atomic mass is 19.1. The summed E-state index contributed by atoms with van der Waals surface area (Å²) in [5.74, 6) is -0.916. The normalized spacial score (nSPS) is 13.8. The highest BCUT2D eigenvalue weighted by Crippen LogP contribution is 2.26. The Morgan fingerprint density at radius 2 is 1.62 bits per heavy atom. The Bertz CT molecular complexity index is 1230. The molecule has 8 nitrogen and oxygen atoms in total. The Morgan fingerprint density at radius 1 is 0.949 bits per heavy atom. The van der Waals surface area contributed by atoms with E-state index in [-0.39, 0.29) is 5.56 Å². The van der Waals surface area contributed by atoms with Crippen molar-refractivity contribution in [2.45, 2.75) is 65.6 Å². The van der Waals surface area contributed by atoms with Gasteiger partial charge in [0.25, 0.3) is 5.91 Å². The lowest BCUT2D eigenvalue weighted by Crippen LogP contribution is -2.39. The summed E-state index contributed by atoms with van der Waals surface area (Å²) < 4.78 is 25.6. The molecule has 0 unspecified atom stereocenters. The number of ether oxygens (including phenoxy) is 2. The van der Waals surface area contributed by atoms with Crippen LogP contribution in [0.25, 0.3) is 5.57 Å². The smallest absolute Gasteiger partial charge is 0.410 e. The number of amides is 3. The highest BCUT2D eigenvalue weighted by molar-refractivity contribution is 6.04. The van der Waals surface area contributed by atoms with Gasteiger partial charge >= 0.3 is 12.2 Å². The largest absolute Gasteiger partial charge is 0.444 e. The first-order chi connectivity index (χ1) is 18.2. The van der Waals surface area contributed by atoms with Gasteiger partial charge < -0.3 is 25.0 Å². The lowest BCUT2D eigenvalue weighted by molar-refractivity contribution is 0.0270. The van der Waals surface area contributed by atoms with Crippen molar-refractivity contribution in [3.05, 3.63) is 71.0 Å². The van der Waals surface area contributed by atoms with Crippen LogP contribution in [0.1, 0.15) is 69.4 Å². The number of benzene rings is 2. The number of nitrogens with zero attached hydrogens (tertiary/aromatic N) is 1. The van der Waals surface area contributed by atoms with Gasteiger partial charge in [0, 0.05) is 36.4 Å². The standard InChI is InChI=1S/C30H38FN3O5/c1-29(2,3)38-27(36)32-16-13-20-7-10-23(11-8-20)33-26(35)22-9-12-24(25(31)19-22)21-14-17-34(18-15-21)28(37)39-30(4,5)6/h7-12,14,19H,13,15-18H2,1-6H3,(H,32,36)(H,33,35). The van der Waals surface area contributed by atoms with E-state index in [1.54, 1.807) is 49.9 Å². The van der Waals surface area contributed by atoms with Crippen LogP contribution < -0.4 is 10.6 Å². The molecule has 0 aromatic heterocycles. The maximum Gasteiger partial charge on any atom is 0.410 e. The summed E-state index contributed by atoms with van der Waals surface area (Å²) in [6.07, 6.45) is 2.05. The fourth-order valence-electron chi connectivity index (χ4n) is 3.90. The highest BCUT2D eigenvalue weighted by Gasteiger charge is 2.25. The predicted octanol–water partition coefficient (Wildman–Crippen LogP) is 6.17. The molecule has 0 bridgehead atoms. The molecule has 1 aliphatic heterocycles. The van der Waals surface area contributed by atoms with Gasteiger partial charge in [-0.3, -0.25) is 4.79 Å². The van der Waals surface area contributed by atoms with E-state index in [0.29, 0.717) is 43.7 Å². The Kier molecular flexibility index (Phi) is 9.37. The van der Waals surface area contributed by atoms with E-state index >= 15 is 0 Å². The molecule has 0 saturated heterocycles. The summed E-state index contributed by atoms with van der Waals surface area (Å²) in [7, 11) is 0. The van der Waals surface area contributed by atoms with Gasteiger partial charge in [0.1, 0.15) is 17.0 Å². The molecule has 210 valence electrons. The number of nitrogens with one attached hydrogen (secondary N) is 2. The predicted molar refractivity (Wildman–Crippen MR) is 149 cm³/mol. The molecule has 3 rings (SSSR count). The SMILES string of the molecule is CC(C)(C)OC(=O)NCCc1ccc(NC(=O)c2ccc(C3=CCN(C(=O)OC(C)(C)C)CC3)c(F)c2)cc1. The number of anilines is 1. The molecule has 9 heteroatoms. The summed E-state index contributed by atoms with van der Waals surface area (Å²) in [5, 5.41) is 5.49. The maximum absolute atomic E-state index is 15.0. The second-order valence-corrected chi connectivity index (χ2v) is 11.4. The Balaban J connectivity index is 1.53. The van der Waals surface area contributed by atoms with Crippen LogP contribution in [0.2, 0.25) is 0 Å². The Morgan fingerprint density at radius 3 is 2.18 bits per heavy atom. The third-order valence-electron chi connectivity index (χ3n) is 5.73. The number of halogens is 1. The molecule has 39 heavy (non-hydrogen) atoms. The number of alkyl carbamates (subject to hydrolysis) is 1. The van der Waals surface area contributed by atoms with Crippen molar-refractivity contribution in [1.82, 2.24) is 10.2 Å². The molecule has 2 aromatic rings. The van der Waals surface area contributed by atoms with Crippen LogP contribution in [0.3, 0.4) is 0 Å². The summed E-state index contributed by atoms with van der Waals surface area (Å²) in [6, 6.07) is 11.6. The van der Waals surface area contributed by atoms with Gasteiger partial charge in [-0.05, 0) is 89.8 Å². The molecule has 2 aromatic carbocycles. The minimum atomic E-state index is -0.577. The van der Waals surface area contributed by atoms with Crippen LogP contribution in [-0.2, 0) is 15.9 Å². The van der Waals surface area contributed by atoms with Gasteiger partial charge in [0.15, 0.2) is 0 Å². The van der Waals surface area contributed by atoms with Crippen molar-refractivity contribution in [2.24, 2.45) is 0 Å². The third-order valence-corrected chi connectivity index (χ3v) is 5.73. The fraction of sp³-hybridized carbons (Fsp3) is 0.433. The van der Waals surface area contributed by atoms with Gasteiger partial charge in [-0.2, -0.15) is 0 Å². The van der Waals surface area contributed by atoms with Crippen LogP contribution in [0.4, 0.5) is 19.7 Å². The summed E-state index contributed by atoms with van der Waals surface area (Å²) >= 11 is 0. The Labute approximate surface area is 229 Å². The van der Waals surface area contributed by atoms with Crippen LogP contribution in [0.5, 0.6) is 0 Å². The van der Waals surface area contributed by atoms with Crippen molar-refractivity contribution in [1.29, 1.82) is 0 Å². The van der Waals surface area contributed by atoms with Crippen molar-refractivity contribution >= 4 is 29.4 Å². The average Bonchev–Trinajstić information content (AvgIpc) is 2.83. The van der Waals surface area contributed by atoms with Gasteiger partial charge in [-0.15, -0.1) is 0 Å². The molecule has 0 radical (unpaired) electrons. The second-order valence-electron chi connectivity index (χ2n) is 11.4. The molecule has 0 atom stereocenters. The number of hydrogen-bond donors (Lipinski definition) is 2.